The van der Waals surface area contributed by atoms with Gasteiger partial charge in [-0.05, 0) is 30.7 Å². The molecule has 2 aromatic rings. The van der Waals surface area contributed by atoms with Crippen LogP contribution >= 0.6 is 0 Å². The summed E-state index contributed by atoms with van der Waals surface area (Å²) in [6.07, 6.45) is 4.92. The Morgan fingerprint density at radius 3 is 2.82 bits per heavy atom. The highest BCUT2D eigenvalue weighted by Crippen LogP contribution is 2.04. The highest BCUT2D eigenvalue weighted by atomic mass is 16.3. The van der Waals surface area contributed by atoms with Gasteiger partial charge in [0.05, 0.1) is 12.8 Å². The minimum absolute atomic E-state index is 0.238. The Morgan fingerprint density at radius 2 is 2.09 bits per heavy atom. The number of carbonyl (C=O) groups excluding carboxylic acids is 2. The van der Waals surface area contributed by atoms with E-state index in [1.54, 1.807) is 24.5 Å². The van der Waals surface area contributed by atoms with Gasteiger partial charge >= 0.3 is 0 Å². The van der Waals surface area contributed by atoms with E-state index in [-0.39, 0.29) is 17.5 Å². The van der Waals surface area contributed by atoms with Gasteiger partial charge in [0.1, 0.15) is 11.5 Å². The standard InChI is InChI=1S/C16H19N3O3/c1-2-3-7-18-16(21)14-10-12(6-8-17-14)15(20)19-11-13-5-4-9-22-13/h4-6,8-10H,2-3,7,11H2,1H3,(H,18,21)(H,19,20). The van der Waals surface area contributed by atoms with Crippen molar-refractivity contribution in [3.63, 3.8) is 0 Å². The summed E-state index contributed by atoms with van der Waals surface area (Å²) in [5.74, 6) is 0.121. The molecule has 0 aromatic carbocycles. The molecule has 0 bridgehead atoms. The molecule has 0 fully saturated rings. The summed E-state index contributed by atoms with van der Waals surface area (Å²) >= 11 is 0. The molecule has 22 heavy (non-hydrogen) atoms. The first-order valence-corrected chi connectivity index (χ1v) is 7.25. The monoisotopic (exact) mass is 301 g/mol. The van der Waals surface area contributed by atoms with Gasteiger partial charge < -0.3 is 15.1 Å². The molecule has 2 amide bonds. The highest BCUT2D eigenvalue weighted by Gasteiger charge is 2.11. The van der Waals surface area contributed by atoms with Gasteiger partial charge in [0.15, 0.2) is 0 Å². The third-order valence-electron chi connectivity index (χ3n) is 3.07. The average molecular weight is 301 g/mol. The van der Waals surface area contributed by atoms with Crippen molar-refractivity contribution in [2.75, 3.05) is 6.54 Å². The van der Waals surface area contributed by atoms with Gasteiger partial charge in [-0.3, -0.25) is 14.6 Å². The first-order chi connectivity index (χ1) is 10.7. The number of furan rings is 1. The van der Waals surface area contributed by atoms with Crippen molar-refractivity contribution in [2.24, 2.45) is 0 Å². The second kappa shape index (κ2) is 7.97. The lowest BCUT2D eigenvalue weighted by molar-refractivity contribution is 0.0948. The van der Waals surface area contributed by atoms with Crippen molar-refractivity contribution in [3.8, 4) is 0 Å². The number of hydrogen-bond donors (Lipinski definition) is 2. The number of carbonyl (C=O) groups is 2. The van der Waals surface area contributed by atoms with Crippen molar-refractivity contribution in [1.82, 2.24) is 15.6 Å². The van der Waals surface area contributed by atoms with Gasteiger partial charge in [-0.1, -0.05) is 13.3 Å². The molecule has 2 heterocycles. The first-order valence-electron chi connectivity index (χ1n) is 7.25. The predicted molar refractivity (Wildman–Crippen MR) is 81.4 cm³/mol. The lowest BCUT2D eigenvalue weighted by Crippen LogP contribution is -2.27. The molecule has 2 aromatic heterocycles. The van der Waals surface area contributed by atoms with Crippen molar-refractivity contribution in [1.29, 1.82) is 0 Å². The Hall–Kier alpha value is -2.63. The third kappa shape index (κ3) is 4.44. The normalized spacial score (nSPS) is 10.2. The minimum Gasteiger partial charge on any atom is -0.467 e. The van der Waals surface area contributed by atoms with E-state index in [0.29, 0.717) is 24.4 Å². The minimum atomic E-state index is -0.276. The van der Waals surface area contributed by atoms with Crippen LogP contribution in [0, 0.1) is 0 Å². The maximum Gasteiger partial charge on any atom is 0.269 e. The van der Waals surface area contributed by atoms with Crippen molar-refractivity contribution < 1.29 is 14.0 Å². The predicted octanol–water partition coefficient (Wildman–Crippen LogP) is 2.13. The van der Waals surface area contributed by atoms with Crippen LogP contribution in [0.4, 0.5) is 0 Å². The molecule has 2 N–H and O–H groups in total. The molecule has 0 aliphatic rings. The number of nitrogens with zero attached hydrogens (tertiary/aromatic N) is 1. The molecule has 0 radical (unpaired) electrons. The van der Waals surface area contributed by atoms with Gasteiger partial charge in [-0.2, -0.15) is 0 Å². The van der Waals surface area contributed by atoms with Crippen molar-refractivity contribution in [3.05, 3.63) is 53.7 Å². The lowest BCUT2D eigenvalue weighted by atomic mass is 10.2. The fourth-order valence-corrected chi connectivity index (χ4v) is 1.85. The molecule has 0 saturated carbocycles. The number of amides is 2. The Bertz CT molecular complexity index is 623. The second-order valence-electron chi connectivity index (χ2n) is 4.80. The van der Waals surface area contributed by atoms with Crippen LogP contribution in [0.5, 0.6) is 0 Å². The van der Waals surface area contributed by atoms with E-state index in [4.69, 9.17) is 4.42 Å². The van der Waals surface area contributed by atoms with Crippen LogP contribution in [0.2, 0.25) is 0 Å². The van der Waals surface area contributed by atoms with Crippen LogP contribution in [0.15, 0.2) is 41.1 Å². The summed E-state index contributed by atoms with van der Waals surface area (Å²) in [5.41, 5.74) is 0.629. The topological polar surface area (TPSA) is 84.2 Å². The molecular weight excluding hydrogens is 282 g/mol. The van der Waals surface area contributed by atoms with E-state index in [9.17, 15) is 9.59 Å². The first kappa shape index (κ1) is 15.8. The van der Waals surface area contributed by atoms with Gasteiger partial charge in [0, 0.05) is 18.3 Å². The largest absolute Gasteiger partial charge is 0.467 e. The lowest BCUT2D eigenvalue weighted by Gasteiger charge is -2.06. The smallest absolute Gasteiger partial charge is 0.269 e. The number of nitrogens with one attached hydrogen (secondary N) is 2. The average Bonchev–Trinajstić information content (AvgIpc) is 3.06. The molecule has 0 aliphatic heterocycles. The second-order valence-corrected chi connectivity index (χ2v) is 4.80. The fourth-order valence-electron chi connectivity index (χ4n) is 1.85. The zero-order valence-electron chi connectivity index (χ0n) is 12.5. The third-order valence-corrected chi connectivity index (χ3v) is 3.07. The van der Waals surface area contributed by atoms with Crippen LogP contribution in [0.25, 0.3) is 0 Å². The Kier molecular flexibility index (Phi) is 5.71. The van der Waals surface area contributed by atoms with E-state index in [2.05, 4.69) is 15.6 Å². The molecular formula is C16H19N3O3. The number of aromatic nitrogens is 1. The van der Waals surface area contributed by atoms with Crippen LogP contribution < -0.4 is 10.6 Å². The summed E-state index contributed by atoms with van der Waals surface area (Å²) in [4.78, 5) is 28.0. The molecule has 0 aliphatic carbocycles. The molecule has 116 valence electrons. The van der Waals surface area contributed by atoms with Crippen LogP contribution in [-0.2, 0) is 6.54 Å². The molecule has 0 saturated heterocycles. The Morgan fingerprint density at radius 1 is 1.23 bits per heavy atom. The molecule has 6 nitrogen and oxygen atoms in total. The molecule has 0 spiro atoms. The number of hydrogen-bond acceptors (Lipinski definition) is 4. The summed E-state index contributed by atoms with van der Waals surface area (Å²) in [6.45, 7) is 2.95. The van der Waals surface area contributed by atoms with Crippen LogP contribution in [0.1, 0.15) is 46.4 Å². The van der Waals surface area contributed by atoms with Crippen LogP contribution in [0.3, 0.4) is 0 Å². The zero-order chi connectivity index (χ0) is 15.8. The van der Waals surface area contributed by atoms with E-state index in [1.807, 2.05) is 6.92 Å². The van der Waals surface area contributed by atoms with Crippen molar-refractivity contribution in [2.45, 2.75) is 26.3 Å². The summed E-state index contributed by atoms with van der Waals surface area (Å²) in [6, 6.07) is 6.59. The summed E-state index contributed by atoms with van der Waals surface area (Å²) < 4.78 is 5.15. The van der Waals surface area contributed by atoms with Gasteiger partial charge in [-0.25, -0.2) is 0 Å². The molecule has 6 heteroatoms. The fraction of sp³-hybridized carbons (Fsp3) is 0.312. The number of unbranched alkanes of at least 4 members (excludes halogenated alkanes) is 1. The molecule has 0 unspecified atom stereocenters. The zero-order valence-corrected chi connectivity index (χ0v) is 12.5. The van der Waals surface area contributed by atoms with E-state index in [1.165, 1.54) is 12.3 Å². The van der Waals surface area contributed by atoms with Crippen molar-refractivity contribution >= 4 is 11.8 Å². The maximum atomic E-state index is 12.1. The highest BCUT2D eigenvalue weighted by molar-refractivity contribution is 5.98. The maximum absolute atomic E-state index is 12.1. The summed E-state index contributed by atoms with van der Waals surface area (Å²) in [5, 5.41) is 5.50. The molecule has 2 rings (SSSR count). The number of pyridine rings is 1. The van der Waals surface area contributed by atoms with E-state index >= 15 is 0 Å². The SMILES string of the molecule is CCCCNC(=O)c1cc(C(=O)NCc2ccco2)ccn1. The summed E-state index contributed by atoms with van der Waals surface area (Å²) in [7, 11) is 0. The van der Waals surface area contributed by atoms with E-state index in [0.717, 1.165) is 12.8 Å². The van der Waals surface area contributed by atoms with Gasteiger partial charge in [0.2, 0.25) is 0 Å². The Balaban J connectivity index is 1.95. The quantitative estimate of drug-likeness (QED) is 0.767. The van der Waals surface area contributed by atoms with Gasteiger partial charge in [0.25, 0.3) is 11.8 Å². The Labute approximate surface area is 128 Å². The van der Waals surface area contributed by atoms with E-state index < -0.39 is 0 Å². The number of rotatable bonds is 7. The van der Waals surface area contributed by atoms with Crippen LogP contribution in [-0.4, -0.2) is 23.3 Å². The van der Waals surface area contributed by atoms with Gasteiger partial charge in [-0.15, -0.1) is 0 Å². The molecule has 0 atom stereocenters.